The van der Waals surface area contributed by atoms with Crippen LogP contribution in [0.25, 0.3) is 11.3 Å². The van der Waals surface area contributed by atoms with Gasteiger partial charge in [-0.1, -0.05) is 66.2 Å². The fourth-order valence-corrected chi connectivity index (χ4v) is 3.29. The first kappa shape index (κ1) is 19.6. The fourth-order valence-electron chi connectivity index (χ4n) is 3.29. The summed E-state index contributed by atoms with van der Waals surface area (Å²) in [5.41, 5.74) is 5.02. The van der Waals surface area contributed by atoms with Crippen LogP contribution >= 0.6 is 0 Å². The van der Waals surface area contributed by atoms with E-state index in [2.05, 4.69) is 10.4 Å². The predicted molar refractivity (Wildman–Crippen MR) is 117 cm³/mol. The summed E-state index contributed by atoms with van der Waals surface area (Å²) in [5.74, 6) is -0.864. The van der Waals surface area contributed by atoms with Gasteiger partial charge in [0.2, 0.25) is 0 Å². The van der Waals surface area contributed by atoms with Crippen molar-refractivity contribution in [1.82, 2.24) is 9.78 Å². The Balaban J connectivity index is 1.71. The van der Waals surface area contributed by atoms with Crippen LogP contribution in [-0.4, -0.2) is 15.7 Å². The van der Waals surface area contributed by atoms with Crippen LogP contribution in [0, 0.1) is 19.7 Å². The lowest BCUT2D eigenvalue weighted by molar-refractivity contribution is 0.102. The Bertz CT molecular complexity index is 1180. The zero-order valence-corrected chi connectivity index (χ0v) is 16.9. The lowest BCUT2D eigenvalue weighted by atomic mass is 10.1. The molecule has 30 heavy (non-hydrogen) atoms. The molecule has 3 aromatic carbocycles. The summed E-state index contributed by atoms with van der Waals surface area (Å²) < 4.78 is 15.9. The van der Waals surface area contributed by atoms with Crippen LogP contribution in [0.4, 0.5) is 10.1 Å². The molecule has 4 rings (SSSR count). The third-order valence-electron chi connectivity index (χ3n) is 4.89. The van der Waals surface area contributed by atoms with Crippen molar-refractivity contribution in [3.05, 3.63) is 107 Å². The molecule has 0 bridgehead atoms. The van der Waals surface area contributed by atoms with Crippen molar-refractivity contribution in [3.8, 4) is 11.3 Å². The Kier molecular flexibility index (Phi) is 5.44. The number of amides is 1. The summed E-state index contributed by atoms with van der Waals surface area (Å²) in [6, 6.07) is 22.4. The number of hydrogen-bond acceptors (Lipinski definition) is 2. The number of hydrogen-bond donors (Lipinski definition) is 1. The van der Waals surface area contributed by atoms with Gasteiger partial charge >= 0.3 is 0 Å². The molecule has 4 aromatic rings. The Morgan fingerprint density at radius 3 is 2.40 bits per heavy atom. The van der Waals surface area contributed by atoms with Crippen molar-refractivity contribution >= 4 is 11.6 Å². The number of anilines is 1. The summed E-state index contributed by atoms with van der Waals surface area (Å²) in [4.78, 5) is 13.1. The Morgan fingerprint density at radius 2 is 1.67 bits per heavy atom. The minimum absolute atomic E-state index is 0.158. The molecule has 0 aliphatic heterocycles. The molecule has 1 amide bonds. The predicted octanol–water partition coefficient (Wildman–Crippen LogP) is 5.61. The molecule has 0 fully saturated rings. The van der Waals surface area contributed by atoms with Crippen LogP contribution in [0.1, 0.15) is 27.0 Å². The van der Waals surface area contributed by atoms with E-state index in [1.165, 1.54) is 6.07 Å². The van der Waals surface area contributed by atoms with Gasteiger partial charge in [0.05, 0.1) is 17.8 Å². The van der Waals surface area contributed by atoms with Crippen LogP contribution in [0.5, 0.6) is 0 Å². The van der Waals surface area contributed by atoms with Gasteiger partial charge in [0, 0.05) is 11.8 Å². The molecule has 0 saturated heterocycles. The Labute approximate surface area is 175 Å². The van der Waals surface area contributed by atoms with Crippen molar-refractivity contribution < 1.29 is 9.18 Å². The summed E-state index contributed by atoms with van der Waals surface area (Å²) in [7, 11) is 0. The Morgan fingerprint density at radius 1 is 0.967 bits per heavy atom. The van der Waals surface area contributed by atoms with Crippen LogP contribution < -0.4 is 5.32 Å². The lowest BCUT2D eigenvalue weighted by Gasteiger charge is -2.07. The van der Waals surface area contributed by atoms with Crippen LogP contribution in [0.15, 0.2) is 79.0 Å². The molecule has 0 saturated carbocycles. The van der Waals surface area contributed by atoms with Crippen molar-refractivity contribution in [2.75, 3.05) is 5.32 Å². The largest absolute Gasteiger partial charge is 0.319 e. The highest BCUT2D eigenvalue weighted by molar-refractivity contribution is 6.08. The second-order valence-corrected chi connectivity index (χ2v) is 7.38. The molecule has 1 aromatic heterocycles. The van der Waals surface area contributed by atoms with Gasteiger partial charge in [-0.25, -0.2) is 4.39 Å². The van der Waals surface area contributed by atoms with E-state index >= 15 is 0 Å². The molecule has 0 spiro atoms. The maximum atomic E-state index is 14.2. The molecular formula is C25H22FN3O. The number of aryl methyl sites for hydroxylation is 2. The van der Waals surface area contributed by atoms with Crippen molar-refractivity contribution in [3.63, 3.8) is 0 Å². The summed E-state index contributed by atoms with van der Waals surface area (Å²) in [6.07, 6.45) is 1.71. The molecule has 0 atom stereocenters. The van der Waals surface area contributed by atoms with Crippen molar-refractivity contribution in [2.24, 2.45) is 0 Å². The standard InChI is InChI=1S/C25H22FN3O/c1-17-8-11-20(12-9-17)24-21(16-29(28-24)15-19-6-4-3-5-7-19)25(30)27-23-14-18(2)10-13-22(23)26/h3-14,16H,15H2,1-2H3,(H,27,30). The van der Waals surface area contributed by atoms with Crippen LogP contribution in [-0.2, 0) is 6.54 Å². The highest BCUT2D eigenvalue weighted by atomic mass is 19.1. The highest BCUT2D eigenvalue weighted by Crippen LogP contribution is 2.25. The van der Waals surface area contributed by atoms with Crippen LogP contribution in [0.3, 0.4) is 0 Å². The minimum atomic E-state index is -0.470. The second kappa shape index (κ2) is 8.33. The number of benzene rings is 3. The quantitative estimate of drug-likeness (QED) is 0.474. The van der Waals surface area contributed by atoms with Gasteiger partial charge in [-0.15, -0.1) is 0 Å². The van der Waals surface area contributed by atoms with E-state index in [0.717, 1.165) is 22.3 Å². The number of aromatic nitrogens is 2. The number of halogens is 1. The summed E-state index contributed by atoms with van der Waals surface area (Å²) in [5, 5.41) is 7.37. The lowest BCUT2D eigenvalue weighted by Crippen LogP contribution is -2.13. The monoisotopic (exact) mass is 399 g/mol. The van der Waals surface area contributed by atoms with Gasteiger partial charge in [0.25, 0.3) is 5.91 Å². The fraction of sp³-hybridized carbons (Fsp3) is 0.120. The van der Waals surface area contributed by atoms with E-state index in [9.17, 15) is 9.18 Å². The average molecular weight is 399 g/mol. The topological polar surface area (TPSA) is 46.9 Å². The maximum Gasteiger partial charge on any atom is 0.259 e. The first-order valence-electron chi connectivity index (χ1n) is 9.75. The Hall–Kier alpha value is -3.73. The summed E-state index contributed by atoms with van der Waals surface area (Å²) in [6.45, 7) is 4.39. The smallest absolute Gasteiger partial charge is 0.259 e. The average Bonchev–Trinajstić information content (AvgIpc) is 3.16. The number of nitrogens with one attached hydrogen (secondary N) is 1. The van der Waals surface area contributed by atoms with E-state index < -0.39 is 11.7 Å². The normalized spacial score (nSPS) is 10.8. The number of nitrogens with zero attached hydrogens (tertiary/aromatic N) is 2. The molecule has 150 valence electrons. The second-order valence-electron chi connectivity index (χ2n) is 7.38. The van der Waals surface area contributed by atoms with E-state index in [1.807, 2.05) is 68.4 Å². The van der Waals surface area contributed by atoms with E-state index in [-0.39, 0.29) is 5.69 Å². The third kappa shape index (κ3) is 4.30. The molecule has 0 aliphatic rings. The molecule has 1 heterocycles. The van der Waals surface area contributed by atoms with Crippen LogP contribution in [0.2, 0.25) is 0 Å². The first-order chi connectivity index (χ1) is 14.5. The van der Waals surface area contributed by atoms with E-state index in [0.29, 0.717) is 17.8 Å². The number of carbonyl (C=O) groups excluding carboxylic acids is 1. The molecular weight excluding hydrogens is 377 g/mol. The van der Waals surface area contributed by atoms with Gasteiger partial charge < -0.3 is 5.32 Å². The highest BCUT2D eigenvalue weighted by Gasteiger charge is 2.19. The zero-order chi connectivity index (χ0) is 21.1. The number of carbonyl (C=O) groups is 1. The molecule has 0 aliphatic carbocycles. The molecule has 5 heteroatoms. The molecule has 0 radical (unpaired) electrons. The number of rotatable bonds is 5. The third-order valence-corrected chi connectivity index (χ3v) is 4.89. The molecule has 4 nitrogen and oxygen atoms in total. The van der Waals surface area contributed by atoms with Gasteiger partial charge in [-0.3, -0.25) is 9.48 Å². The minimum Gasteiger partial charge on any atom is -0.319 e. The van der Waals surface area contributed by atoms with Crippen molar-refractivity contribution in [2.45, 2.75) is 20.4 Å². The summed E-state index contributed by atoms with van der Waals surface area (Å²) >= 11 is 0. The van der Waals surface area contributed by atoms with Crippen molar-refractivity contribution in [1.29, 1.82) is 0 Å². The van der Waals surface area contributed by atoms with Gasteiger partial charge in [0.15, 0.2) is 0 Å². The van der Waals surface area contributed by atoms with Gasteiger partial charge in [0.1, 0.15) is 11.5 Å². The zero-order valence-electron chi connectivity index (χ0n) is 16.9. The van der Waals surface area contributed by atoms with Gasteiger partial charge in [-0.05, 0) is 37.1 Å². The van der Waals surface area contributed by atoms with Gasteiger partial charge in [-0.2, -0.15) is 5.10 Å². The van der Waals surface area contributed by atoms with E-state index in [1.54, 1.807) is 23.0 Å². The van der Waals surface area contributed by atoms with E-state index in [4.69, 9.17) is 0 Å². The molecule has 0 unspecified atom stereocenters. The maximum absolute atomic E-state index is 14.2. The SMILES string of the molecule is Cc1ccc(-c2nn(Cc3ccccc3)cc2C(=O)Nc2cc(C)ccc2F)cc1. The molecule has 1 N–H and O–H groups in total. The first-order valence-corrected chi connectivity index (χ1v) is 9.75.